The number of aromatic nitrogens is 1. The van der Waals surface area contributed by atoms with Crippen LogP contribution in [0.5, 0.6) is 11.6 Å². The Kier molecular flexibility index (Phi) is 9.08. The number of aliphatic hydroxyl groups is 1. The minimum absolute atomic E-state index is 0.0450. The van der Waals surface area contributed by atoms with Gasteiger partial charge in [0.25, 0.3) is 5.91 Å². The van der Waals surface area contributed by atoms with Crippen molar-refractivity contribution in [3.05, 3.63) is 55.8 Å². The maximum absolute atomic E-state index is 14.0. The molecule has 3 fully saturated rings. The van der Waals surface area contributed by atoms with Crippen LogP contribution in [-0.4, -0.2) is 95.3 Å². The number of fused-ring (bicyclic) bond motifs is 1. The van der Waals surface area contributed by atoms with Crippen LogP contribution < -0.4 is 24.8 Å². The number of methoxy groups -OCH3 is 1. The molecule has 0 spiro atoms. The highest BCUT2D eigenvalue weighted by molar-refractivity contribution is 7.91. The summed E-state index contributed by atoms with van der Waals surface area (Å²) in [5.74, 6) is -2.79. The maximum atomic E-state index is 14.0. The topological polar surface area (TPSA) is 193 Å². The number of benzene rings is 1. The molecule has 4 N–H and O–H groups in total. The molecular weight excluding hydrogens is 630 g/mol. The minimum atomic E-state index is -3.91. The monoisotopic (exact) mass is 669 g/mol. The number of likely N-dealkylation sites (tertiary alicyclic amines) is 1. The molecule has 2 heterocycles. The van der Waals surface area contributed by atoms with E-state index in [9.17, 15) is 32.7 Å². The van der Waals surface area contributed by atoms with Gasteiger partial charge in [-0.2, -0.15) is 0 Å². The van der Waals surface area contributed by atoms with E-state index in [1.165, 1.54) is 24.8 Å². The van der Waals surface area contributed by atoms with Crippen LogP contribution in [0, 0.1) is 5.92 Å². The highest BCUT2D eigenvalue weighted by atomic mass is 32.2. The normalized spacial score (nSPS) is 24.5. The van der Waals surface area contributed by atoms with Gasteiger partial charge in [0.1, 0.15) is 29.5 Å². The van der Waals surface area contributed by atoms with E-state index in [1.54, 1.807) is 37.6 Å². The van der Waals surface area contributed by atoms with E-state index < -0.39 is 74.1 Å². The zero-order chi connectivity index (χ0) is 34.3. The fourth-order valence-electron chi connectivity index (χ4n) is 5.81. The largest absolute Gasteiger partial charge is 0.497 e. The second-order valence-corrected chi connectivity index (χ2v) is 14.6. The Labute approximate surface area is 272 Å². The second kappa shape index (κ2) is 12.6. The summed E-state index contributed by atoms with van der Waals surface area (Å²) in [5, 5.41) is 16.8. The molecule has 2 saturated carbocycles. The Bertz CT molecular complexity index is 1740. The molecular formula is C32H39N5O9S. The molecule has 4 amide bonds. The first kappa shape index (κ1) is 33.9. The van der Waals surface area contributed by atoms with Crippen LogP contribution in [0.2, 0.25) is 0 Å². The molecule has 1 saturated heterocycles. The fourth-order valence-corrected chi connectivity index (χ4v) is 7.17. The second-order valence-electron chi connectivity index (χ2n) is 12.7. The van der Waals surface area contributed by atoms with E-state index in [4.69, 9.17) is 9.47 Å². The summed E-state index contributed by atoms with van der Waals surface area (Å²) >= 11 is 0. The summed E-state index contributed by atoms with van der Waals surface area (Å²) in [4.78, 5) is 59.1. The van der Waals surface area contributed by atoms with Crippen molar-refractivity contribution in [3.63, 3.8) is 0 Å². The van der Waals surface area contributed by atoms with E-state index in [0.717, 1.165) is 11.5 Å². The highest BCUT2D eigenvalue weighted by Gasteiger charge is 2.62. The van der Waals surface area contributed by atoms with Crippen molar-refractivity contribution in [3.8, 4) is 11.6 Å². The van der Waals surface area contributed by atoms with Gasteiger partial charge in [-0.3, -0.25) is 23.9 Å². The molecule has 14 nitrogen and oxygen atoms in total. The molecule has 3 aliphatic rings. The van der Waals surface area contributed by atoms with Crippen molar-refractivity contribution in [2.24, 2.45) is 5.92 Å². The summed E-state index contributed by atoms with van der Waals surface area (Å²) in [6, 6.07) is 4.39. The van der Waals surface area contributed by atoms with E-state index in [2.05, 4.69) is 33.5 Å². The smallest absolute Gasteiger partial charge is 0.259 e. The number of amides is 4. The molecule has 0 unspecified atom stereocenters. The predicted molar refractivity (Wildman–Crippen MR) is 171 cm³/mol. The Balaban J connectivity index is 1.44. The lowest BCUT2D eigenvalue weighted by Gasteiger charge is -2.34. The third-order valence-electron chi connectivity index (χ3n) is 8.74. The Hall–Kier alpha value is -4.50. The van der Waals surface area contributed by atoms with Crippen molar-refractivity contribution in [2.45, 2.75) is 74.1 Å². The quantitative estimate of drug-likeness (QED) is 0.174. The highest BCUT2D eigenvalue weighted by Crippen LogP contribution is 2.45. The number of hydrogen-bond acceptors (Lipinski definition) is 10. The van der Waals surface area contributed by atoms with Gasteiger partial charge in [0.05, 0.1) is 24.5 Å². The van der Waals surface area contributed by atoms with E-state index in [-0.39, 0.29) is 25.3 Å². The lowest BCUT2D eigenvalue weighted by atomic mass is 9.97. The van der Waals surface area contributed by atoms with Crippen LogP contribution >= 0.6 is 0 Å². The van der Waals surface area contributed by atoms with Gasteiger partial charge in [-0.1, -0.05) is 12.7 Å². The average molecular weight is 670 g/mol. The molecule has 0 radical (unpaired) electrons. The molecule has 1 aromatic heterocycles. The molecule has 2 aromatic rings. The number of pyridine rings is 1. The number of sulfonamides is 1. The van der Waals surface area contributed by atoms with Gasteiger partial charge < -0.3 is 30.1 Å². The van der Waals surface area contributed by atoms with Gasteiger partial charge in [0.2, 0.25) is 33.6 Å². The minimum Gasteiger partial charge on any atom is -0.497 e. The summed E-state index contributed by atoms with van der Waals surface area (Å²) in [5.41, 5.74) is -3.34. The number of ether oxygens (including phenoxy) is 2. The summed E-state index contributed by atoms with van der Waals surface area (Å²) in [6.45, 7) is 9.66. The Morgan fingerprint density at radius 2 is 1.91 bits per heavy atom. The maximum Gasteiger partial charge on any atom is 0.259 e. The lowest BCUT2D eigenvalue weighted by Crippen LogP contribution is -2.62. The molecule has 5 rings (SSSR count). The van der Waals surface area contributed by atoms with Crippen LogP contribution in [-0.2, 0) is 29.2 Å². The summed E-state index contributed by atoms with van der Waals surface area (Å²) < 4.78 is 38.8. The number of carbonyl (C=O) groups excluding carboxylic acids is 4. The predicted octanol–water partition coefficient (Wildman–Crippen LogP) is 0.703. The molecule has 15 heteroatoms. The van der Waals surface area contributed by atoms with Crippen molar-refractivity contribution in [2.75, 3.05) is 13.7 Å². The van der Waals surface area contributed by atoms with Gasteiger partial charge in [0, 0.05) is 23.9 Å². The van der Waals surface area contributed by atoms with Gasteiger partial charge >= 0.3 is 0 Å². The summed E-state index contributed by atoms with van der Waals surface area (Å²) in [7, 11) is -2.36. The van der Waals surface area contributed by atoms with Gasteiger partial charge in [-0.15, -0.1) is 6.58 Å². The Morgan fingerprint density at radius 1 is 1.19 bits per heavy atom. The molecule has 1 aliphatic heterocycles. The fraction of sp³-hybridized carbons (Fsp3) is 0.469. The van der Waals surface area contributed by atoms with Crippen molar-refractivity contribution < 1.29 is 42.2 Å². The first-order chi connectivity index (χ1) is 22.1. The molecule has 47 heavy (non-hydrogen) atoms. The number of rotatable bonds is 13. The van der Waals surface area contributed by atoms with E-state index >= 15 is 0 Å². The third-order valence-corrected chi connectivity index (χ3v) is 10.6. The molecule has 2 aliphatic carbocycles. The summed E-state index contributed by atoms with van der Waals surface area (Å²) in [6.07, 6.45) is 4.14. The molecule has 5 atom stereocenters. The molecule has 1 aromatic carbocycles. The van der Waals surface area contributed by atoms with Crippen molar-refractivity contribution in [1.29, 1.82) is 0 Å². The molecule has 0 bridgehead atoms. The van der Waals surface area contributed by atoms with Crippen molar-refractivity contribution >= 4 is 44.4 Å². The lowest BCUT2D eigenvalue weighted by molar-refractivity contribution is -0.146. The standard InChI is InChI=1S/C32H39N5O9S/c1-6-19-16-32(19,30(41)36-47(43,44)22-9-10-22)35-27(39)24-15-21(17-37(24)29(40)26(31(3,4)42)34-25(38)7-2)46-28-23-11-8-20(45-5)14-18(23)12-13-33-28/h6-8,11-14,19,21-22,24,26,42H,1-2,9-10,15-17H2,3-5H3,(H,34,38)(H,35,39)(H,36,41)/t19-,21-,24+,26+,32-/m1/s1. The number of nitrogens with one attached hydrogen (secondary N) is 3. The van der Waals surface area contributed by atoms with Crippen LogP contribution in [0.4, 0.5) is 0 Å². The Morgan fingerprint density at radius 3 is 2.51 bits per heavy atom. The van der Waals surface area contributed by atoms with Crippen LogP contribution in [0.3, 0.4) is 0 Å². The zero-order valence-corrected chi connectivity index (χ0v) is 27.2. The van der Waals surface area contributed by atoms with Gasteiger partial charge in [-0.25, -0.2) is 13.4 Å². The molecule has 252 valence electrons. The van der Waals surface area contributed by atoms with E-state index in [0.29, 0.717) is 24.0 Å². The van der Waals surface area contributed by atoms with Crippen LogP contribution in [0.25, 0.3) is 10.8 Å². The number of nitrogens with zero attached hydrogens (tertiary/aromatic N) is 2. The van der Waals surface area contributed by atoms with Crippen molar-refractivity contribution in [1.82, 2.24) is 25.2 Å². The van der Waals surface area contributed by atoms with E-state index in [1.807, 2.05) is 0 Å². The first-order valence-corrected chi connectivity index (χ1v) is 16.7. The SMILES string of the molecule is C=CC(=O)N[C@@H](C(=O)N1C[C@H](Oc2nccc3cc(OC)ccc23)C[C@H]1C(=O)N[C@]1(C(=O)NS(=O)(=O)C2CC2)C[C@H]1C=C)C(C)(C)O. The number of hydrogen-bond donors (Lipinski definition) is 4. The van der Waals surface area contributed by atoms with Gasteiger partial charge in [0.15, 0.2) is 0 Å². The van der Waals surface area contributed by atoms with Crippen LogP contribution in [0.15, 0.2) is 55.8 Å². The third kappa shape index (κ3) is 6.95. The van der Waals surface area contributed by atoms with Crippen LogP contribution in [0.1, 0.15) is 39.5 Å². The number of carbonyl (C=O) groups is 4. The van der Waals surface area contributed by atoms with Gasteiger partial charge in [-0.05, 0) is 68.8 Å². The average Bonchev–Trinajstić information content (AvgIpc) is 3.95. The first-order valence-electron chi connectivity index (χ1n) is 15.2. The zero-order valence-electron chi connectivity index (χ0n) is 26.4.